The van der Waals surface area contributed by atoms with E-state index in [2.05, 4.69) is 25.9 Å². The third-order valence-corrected chi connectivity index (χ3v) is 8.73. The Balaban J connectivity index is 1.26. The molecule has 1 aromatic carbocycles. The van der Waals surface area contributed by atoms with Gasteiger partial charge in [-0.3, -0.25) is 9.69 Å². The average Bonchev–Trinajstić information content (AvgIpc) is 3.45. The molecule has 188 valence electrons. The molecule has 1 saturated carbocycles. The van der Waals surface area contributed by atoms with Crippen LogP contribution in [0.4, 0.5) is 10.5 Å². The van der Waals surface area contributed by atoms with Crippen LogP contribution in [0, 0.1) is 12.8 Å². The van der Waals surface area contributed by atoms with Crippen LogP contribution in [0.5, 0.6) is 11.8 Å². The van der Waals surface area contributed by atoms with E-state index in [1.165, 1.54) is 11.8 Å². The molecular weight excluding hydrogens is 478 g/mol. The Kier molecular flexibility index (Phi) is 6.06. The Morgan fingerprint density at radius 1 is 1.25 bits per heavy atom. The highest BCUT2D eigenvalue weighted by Crippen LogP contribution is 2.48. The largest absolute Gasteiger partial charge is 0.424 e. The highest BCUT2D eigenvalue weighted by Gasteiger charge is 2.52. The molecule has 0 radical (unpaired) electrons. The van der Waals surface area contributed by atoms with Gasteiger partial charge in [0.15, 0.2) is 0 Å². The Morgan fingerprint density at radius 2 is 2.08 bits per heavy atom. The molecule has 4 heterocycles. The Labute approximate surface area is 213 Å². The number of benzene rings is 1. The number of thioether (sulfide) groups is 1. The first-order valence-corrected chi connectivity index (χ1v) is 13.2. The summed E-state index contributed by atoms with van der Waals surface area (Å²) >= 11 is 1.49. The van der Waals surface area contributed by atoms with E-state index in [4.69, 9.17) is 10.5 Å². The van der Waals surface area contributed by atoms with Gasteiger partial charge in [-0.1, -0.05) is 30.0 Å². The van der Waals surface area contributed by atoms with Gasteiger partial charge < -0.3 is 26.4 Å². The van der Waals surface area contributed by atoms with Crippen molar-refractivity contribution in [3.63, 3.8) is 0 Å². The number of rotatable bonds is 5. The van der Waals surface area contributed by atoms with Gasteiger partial charge in [0.1, 0.15) is 5.75 Å². The van der Waals surface area contributed by atoms with E-state index in [0.717, 1.165) is 32.2 Å². The second kappa shape index (κ2) is 9.38. The van der Waals surface area contributed by atoms with Crippen molar-refractivity contribution >= 4 is 29.4 Å². The maximum atomic E-state index is 13.4. The van der Waals surface area contributed by atoms with E-state index in [0.29, 0.717) is 27.7 Å². The number of hydrogen-bond acceptors (Lipinski definition) is 8. The smallest absolute Gasteiger partial charge is 0.326 e. The van der Waals surface area contributed by atoms with Crippen LogP contribution in [-0.2, 0) is 4.79 Å². The van der Waals surface area contributed by atoms with Gasteiger partial charge in [-0.2, -0.15) is 4.98 Å². The zero-order valence-corrected chi connectivity index (χ0v) is 20.8. The van der Waals surface area contributed by atoms with Crippen molar-refractivity contribution in [3.05, 3.63) is 52.8 Å². The molecule has 1 aromatic heterocycles. The van der Waals surface area contributed by atoms with Crippen molar-refractivity contribution in [2.75, 3.05) is 11.4 Å². The first-order valence-electron chi connectivity index (χ1n) is 12.4. The zero-order chi connectivity index (χ0) is 24.8. The van der Waals surface area contributed by atoms with E-state index in [1.54, 1.807) is 11.1 Å². The van der Waals surface area contributed by atoms with Crippen LogP contribution in [0.15, 0.2) is 47.1 Å². The van der Waals surface area contributed by atoms with Crippen molar-refractivity contribution in [1.82, 2.24) is 25.9 Å². The number of piperidine rings is 1. The lowest BCUT2D eigenvalue weighted by atomic mass is 9.86. The number of carbonyl (C=O) groups is 2. The van der Waals surface area contributed by atoms with Crippen LogP contribution in [0.3, 0.4) is 0 Å². The predicted molar refractivity (Wildman–Crippen MR) is 136 cm³/mol. The van der Waals surface area contributed by atoms with E-state index in [9.17, 15) is 9.59 Å². The summed E-state index contributed by atoms with van der Waals surface area (Å²) in [7, 11) is 0. The molecule has 6 rings (SSSR count). The molecule has 2 saturated heterocycles. The van der Waals surface area contributed by atoms with Gasteiger partial charge in [0.05, 0.1) is 33.9 Å². The van der Waals surface area contributed by atoms with Crippen molar-refractivity contribution in [3.8, 4) is 11.8 Å². The summed E-state index contributed by atoms with van der Waals surface area (Å²) in [6.45, 7) is 2.59. The number of para-hydroxylation sites is 1. The molecular formula is C25H29N7O3S. The fourth-order valence-electron chi connectivity index (χ4n) is 5.62. The molecule has 3 unspecified atom stereocenters. The number of anilines is 1. The minimum atomic E-state index is -0.277. The summed E-state index contributed by atoms with van der Waals surface area (Å²) in [4.78, 5) is 37.9. The van der Waals surface area contributed by atoms with E-state index in [1.807, 2.05) is 37.3 Å². The van der Waals surface area contributed by atoms with E-state index >= 15 is 0 Å². The second-order valence-corrected chi connectivity index (χ2v) is 10.8. The van der Waals surface area contributed by atoms with Gasteiger partial charge in [-0.25, -0.2) is 9.78 Å². The summed E-state index contributed by atoms with van der Waals surface area (Å²) in [5.74, 6) is 0.450. The molecule has 5 atom stereocenters. The molecule has 4 aliphatic rings. The minimum Gasteiger partial charge on any atom is -0.424 e. The van der Waals surface area contributed by atoms with E-state index < -0.39 is 0 Å². The highest BCUT2D eigenvalue weighted by atomic mass is 32.2. The third kappa shape index (κ3) is 4.10. The highest BCUT2D eigenvalue weighted by molar-refractivity contribution is 8.04. The topological polar surface area (TPSA) is 134 Å². The summed E-state index contributed by atoms with van der Waals surface area (Å²) in [6, 6.07) is 9.12. The molecule has 11 heteroatoms. The van der Waals surface area contributed by atoms with Crippen LogP contribution < -0.4 is 31.3 Å². The molecule has 1 aliphatic carbocycles. The molecule has 10 nitrogen and oxygen atoms in total. The van der Waals surface area contributed by atoms with Crippen LogP contribution >= 0.6 is 11.8 Å². The SMILES string of the molecule is Cc1nc(Oc2ccccc2)ncc1N1C(=O)NC2=C(C(=O)N[C@@H]3CCC[C@@H]3N)SC3NCCC1C23. The summed E-state index contributed by atoms with van der Waals surface area (Å²) in [6.07, 6.45) is 5.21. The van der Waals surface area contributed by atoms with E-state index in [-0.39, 0.29) is 47.4 Å². The van der Waals surface area contributed by atoms with Gasteiger partial charge >= 0.3 is 12.0 Å². The molecule has 5 N–H and O–H groups in total. The molecule has 3 amide bonds. The Bertz CT molecular complexity index is 1220. The average molecular weight is 508 g/mol. The zero-order valence-electron chi connectivity index (χ0n) is 19.9. The molecule has 36 heavy (non-hydrogen) atoms. The molecule has 2 aromatic rings. The number of ether oxygens (including phenoxy) is 1. The van der Waals surface area contributed by atoms with Gasteiger partial charge in [0, 0.05) is 23.7 Å². The number of urea groups is 1. The maximum absolute atomic E-state index is 13.4. The summed E-state index contributed by atoms with van der Waals surface area (Å²) < 4.78 is 5.77. The van der Waals surface area contributed by atoms with Crippen LogP contribution in [0.2, 0.25) is 0 Å². The lowest BCUT2D eigenvalue weighted by Crippen LogP contribution is -2.62. The first kappa shape index (κ1) is 23.3. The lowest BCUT2D eigenvalue weighted by molar-refractivity contribution is -0.117. The number of aromatic nitrogens is 2. The molecule has 0 spiro atoms. The van der Waals surface area contributed by atoms with Crippen molar-refractivity contribution in [2.45, 2.75) is 56.1 Å². The normalized spacial score (nSPS) is 29.1. The molecule has 3 aliphatic heterocycles. The molecule has 0 bridgehead atoms. The monoisotopic (exact) mass is 507 g/mol. The van der Waals surface area contributed by atoms with Gasteiger partial charge in [-0.05, 0) is 51.3 Å². The lowest BCUT2D eigenvalue weighted by Gasteiger charge is -2.45. The second-order valence-electron chi connectivity index (χ2n) is 9.63. The first-order chi connectivity index (χ1) is 17.5. The number of nitrogens with zero attached hydrogens (tertiary/aromatic N) is 3. The molecule has 3 fully saturated rings. The Hall–Kier alpha value is -3.15. The quantitative estimate of drug-likeness (QED) is 0.485. The van der Waals surface area contributed by atoms with Gasteiger partial charge in [0.2, 0.25) is 0 Å². The number of aryl methyl sites for hydroxylation is 1. The fraction of sp³-hybridized carbons (Fsp3) is 0.440. The van der Waals surface area contributed by atoms with Gasteiger partial charge in [-0.15, -0.1) is 0 Å². The van der Waals surface area contributed by atoms with Crippen LogP contribution in [-0.4, -0.2) is 52.0 Å². The predicted octanol–water partition coefficient (Wildman–Crippen LogP) is 2.37. The van der Waals surface area contributed by atoms with Crippen molar-refractivity contribution in [2.24, 2.45) is 11.7 Å². The van der Waals surface area contributed by atoms with Crippen LogP contribution in [0.25, 0.3) is 0 Å². The standard InChI is InChI=1S/C25H29N7O3S/c1-13-18(12-28-24(29-13)35-14-6-3-2-4-7-14)32-17-10-11-27-23-19(17)20(31-25(32)34)21(36-23)22(33)30-16-9-5-8-15(16)26/h2-4,6-7,12,15-17,19,23,27H,5,8-11,26H2,1H3,(H,30,33)(H,31,34)/t15-,16+,17?,19?,23?/m0/s1. The third-order valence-electron chi connectivity index (χ3n) is 7.38. The number of carbonyl (C=O) groups excluding carboxylic acids is 2. The number of nitrogens with two attached hydrogens (primary N) is 1. The van der Waals surface area contributed by atoms with Crippen LogP contribution in [0.1, 0.15) is 31.4 Å². The minimum absolute atomic E-state index is 0.00163. The Morgan fingerprint density at radius 3 is 2.83 bits per heavy atom. The fourth-order valence-corrected chi connectivity index (χ4v) is 7.02. The summed E-state index contributed by atoms with van der Waals surface area (Å²) in [5.41, 5.74) is 8.15. The number of amides is 3. The van der Waals surface area contributed by atoms with Gasteiger partial charge in [0.25, 0.3) is 5.91 Å². The maximum Gasteiger partial charge on any atom is 0.326 e. The van der Waals surface area contributed by atoms with Crippen molar-refractivity contribution in [1.29, 1.82) is 0 Å². The summed E-state index contributed by atoms with van der Waals surface area (Å²) in [5, 5.41) is 9.66. The van der Waals surface area contributed by atoms with Crippen molar-refractivity contribution < 1.29 is 14.3 Å². The number of hydrogen-bond donors (Lipinski definition) is 4. The number of nitrogens with one attached hydrogen (secondary N) is 3.